The number of benzene rings is 2. The van der Waals surface area contributed by atoms with Gasteiger partial charge in [0.15, 0.2) is 5.13 Å². The monoisotopic (exact) mass is 339 g/mol. The van der Waals surface area contributed by atoms with E-state index in [4.69, 9.17) is 9.72 Å². The maximum atomic E-state index is 5.79. The highest BCUT2D eigenvalue weighted by molar-refractivity contribution is 7.22. The molecular formula is C19H21N3OS. The lowest BCUT2D eigenvalue weighted by Gasteiger charge is -2.34. The van der Waals surface area contributed by atoms with Crippen molar-refractivity contribution in [2.24, 2.45) is 0 Å². The molecule has 0 atom stereocenters. The van der Waals surface area contributed by atoms with Crippen molar-refractivity contribution >= 4 is 26.7 Å². The van der Waals surface area contributed by atoms with Gasteiger partial charge in [0, 0.05) is 32.7 Å². The van der Waals surface area contributed by atoms with E-state index < -0.39 is 0 Å². The molecule has 0 amide bonds. The molecule has 0 bridgehead atoms. The van der Waals surface area contributed by atoms with E-state index in [0.717, 1.165) is 55.7 Å². The topological polar surface area (TPSA) is 28.6 Å². The fourth-order valence-corrected chi connectivity index (χ4v) is 3.98. The number of para-hydroxylation sites is 2. The zero-order valence-electron chi connectivity index (χ0n) is 13.6. The van der Waals surface area contributed by atoms with Gasteiger partial charge in [-0.1, -0.05) is 41.7 Å². The molecule has 2 heterocycles. The molecule has 0 radical (unpaired) electrons. The van der Waals surface area contributed by atoms with Crippen LogP contribution in [-0.2, 0) is 0 Å². The molecule has 0 unspecified atom stereocenters. The largest absolute Gasteiger partial charge is 0.492 e. The van der Waals surface area contributed by atoms with Crippen LogP contribution >= 0.6 is 11.3 Å². The summed E-state index contributed by atoms with van der Waals surface area (Å²) in [6, 6.07) is 18.4. The Labute approximate surface area is 146 Å². The standard InChI is InChI=1S/C19H21N3OS/c1-2-6-16(7-3-1)23-15-14-21-10-12-22(13-11-21)19-20-17-8-4-5-9-18(17)24-19/h1-9H,10-15H2. The van der Waals surface area contributed by atoms with Crippen LogP contribution in [0.2, 0.25) is 0 Å². The summed E-state index contributed by atoms with van der Waals surface area (Å²) < 4.78 is 7.06. The van der Waals surface area contributed by atoms with E-state index in [9.17, 15) is 0 Å². The summed E-state index contributed by atoms with van der Waals surface area (Å²) in [7, 11) is 0. The smallest absolute Gasteiger partial charge is 0.186 e. The van der Waals surface area contributed by atoms with Crippen molar-refractivity contribution in [1.82, 2.24) is 9.88 Å². The second-order valence-electron chi connectivity index (χ2n) is 5.95. The lowest BCUT2D eigenvalue weighted by Crippen LogP contribution is -2.47. The van der Waals surface area contributed by atoms with Gasteiger partial charge in [-0.2, -0.15) is 0 Å². The van der Waals surface area contributed by atoms with Crippen molar-refractivity contribution < 1.29 is 4.74 Å². The Balaban J connectivity index is 1.27. The average Bonchev–Trinajstić information content (AvgIpc) is 3.07. The molecule has 3 aromatic rings. The molecular weight excluding hydrogens is 318 g/mol. The Bertz CT molecular complexity index is 748. The molecule has 1 aliphatic rings. The van der Waals surface area contributed by atoms with Crippen LogP contribution < -0.4 is 9.64 Å². The fraction of sp³-hybridized carbons (Fsp3) is 0.316. The molecule has 1 aliphatic heterocycles. The van der Waals surface area contributed by atoms with Gasteiger partial charge in [-0.3, -0.25) is 4.90 Å². The molecule has 0 aliphatic carbocycles. The molecule has 2 aromatic carbocycles. The predicted octanol–water partition coefficient (Wildman–Crippen LogP) is 3.50. The van der Waals surface area contributed by atoms with Crippen LogP contribution in [0.15, 0.2) is 54.6 Å². The number of rotatable bonds is 5. The van der Waals surface area contributed by atoms with E-state index in [-0.39, 0.29) is 0 Å². The summed E-state index contributed by atoms with van der Waals surface area (Å²) in [6.45, 7) is 5.91. The van der Waals surface area contributed by atoms with E-state index in [1.165, 1.54) is 4.70 Å². The Morgan fingerprint density at radius 2 is 1.67 bits per heavy atom. The molecule has 1 fully saturated rings. The fourth-order valence-electron chi connectivity index (χ4n) is 2.97. The minimum atomic E-state index is 0.741. The third-order valence-corrected chi connectivity index (χ3v) is 5.44. The minimum absolute atomic E-state index is 0.741. The summed E-state index contributed by atoms with van der Waals surface area (Å²) in [5, 5.41) is 1.15. The summed E-state index contributed by atoms with van der Waals surface area (Å²) in [6.07, 6.45) is 0. The van der Waals surface area contributed by atoms with Crippen molar-refractivity contribution in [2.45, 2.75) is 0 Å². The highest BCUT2D eigenvalue weighted by Crippen LogP contribution is 2.29. The van der Waals surface area contributed by atoms with E-state index in [2.05, 4.69) is 34.1 Å². The normalized spacial score (nSPS) is 15.8. The van der Waals surface area contributed by atoms with Crippen LogP contribution in [0.25, 0.3) is 10.2 Å². The molecule has 5 heteroatoms. The maximum absolute atomic E-state index is 5.79. The van der Waals surface area contributed by atoms with Crippen LogP contribution in [0.1, 0.15) is 0 Å². The second kappa shape index (κ2) is 7.20. The first-order valence-electron chi connectivity index (χ1n) is 8.39. The minimum Gasteiger partial charge on any atom is -0.492 e. The number of ether oxygens (including phenoxy) is 1. The van der Waals surface area contributed by atoms with Crippen LogP contribution in [0.3, 0.4) is 0 Å². The molecule has 4 nitrogen and oxygen atoms in total. The van der Waals surface area contributed by atoms with Crippen molar-refractivity contribution in [3.8, 4) is 5.75 Å². The van der Waals surface area contributed by atoms with Crippen molar-refractivity contribution in [3.05, 3.63) is 54.6 Å². The summed E-state index contributed by atoms with van der Waals surface area (Å²) in [5.41, 5.74) is 1.11. The van der Waals surface area contributed by atoms with Gasteiger partial charge in [-0.15, -0.1) is 0 Å². The molecule has 24 heavy (non-hydrogen) atoms. The van der Waals surface area contributed by atoms with Crippen LogP contribution in [-0.4, -0.2) is 49.2 Å². The van der Waals surface area contributed by atoms with Gasteiger partial charge in [0.25, 0.3) is 0 Å². The van der Waals surface area contributed by atoms with Crippen molar-refractivity contribution in [1.29, 1.82) is 0 Å². The first-order valence-corrected chi connectivity index (χ1v) is 9.21. The number of piperazine rings is 1. The number of anilines is 1. The first-order chi connectivity index (χ1) is 11.9. The van der Waals surface area contributed by atoms with Crippen LogP contribution in [0.4, 0.5) is 5.13 Å². The zero-order chi connectivity index (χ0) is 16.2. The van der Waals surface area contributed by atoms with Gasteiger partial charge in [-0.25, -0.2) is 4.98 Å². The van der Waals surface area contributed by atoms with E-state index >= 15 is 0 Å². The Hall–Kier alpha value is -2.11. The second-order valence-corrected chi connectivity index (χ2v) is 6.96. The number of hydrogen-bond donors (Lipinski definition) is 0. The molecule has 0 N–H and O–H groups in total. The molecule has 0 spiro atoms. The Kier molecular flexibility index (Phi) is 4.62. The van der Waals surface area contributed by atoms with E-state index in [0.29, 0.717) is 0 Å². The number of aromatic nitrogens is 1. The van der Waals surface area contributed by atoms with E-state index in [1.54, 1.807) is 11.3 Å². The third kappa shape index (κ3) is 3.52. The summed E-state index contributed by atoms with van der Waals surface area (Å²) in [4.78, 5) is 9.63. The van der Waals surface area contributed by atoms with Crippen molar-refractivity contribution in [3.63, 3.8) is 0 Å². The van der Waals surface area contributed by atoms with Gasteiger partial charge >= 0.3 is 0 Å². The molecule has 0 saturated carbocycles. The van der Waals surface area contributed by atoms with Gasteiger partial charge in [-0.05, 0) is 24.3 Å². The molecule has 1 saturated heterocycles. The third-order valence-electron chi connectivity index (χ3n) is 4.34. The summed E-state index contributed by atoms with van der Waals surface area (Å²) in [5.74, 6) is 0.950. The lowest BCUT2D eigenvalue weighted by atomic mass is 10.3. The maximum Gasteiger partial charge on any atom is 0.186 e. The summed E-state index contributed by atoms with van der Waals surface area (Å²) >= 11 is 1.79. The van der Waals surface area contributed by atoms with Crippen molar-refractivity contribution in [2.75, 3.05) is 44.2 Å². The Morgan fingerprint density at radius 1 is 0.917 bits per heavy atom. The van der Waals surface area contributed by atoms with Gasteiger partial charge in [0.2, 0.25) is 0 Å². The Morgan fingerprint density at radius 3 is 2.46 bits per heavy atom. The molecule has 124 valence electrons. The predicted molar refractivity (Wildman–Crippen MR) is 100 cm³/mol. The number of hydrogen-bond acceptors (Lipinski definition) is 5. The SMILES string of the molecule is c1ccc(OCCN2CCN(c3nc4ccccc4s3)CC2)cc1. The quantitative estimate of drug-likeness (QED) is 0.711. The molecule has 1 aromatic heterocycles. The zero-order valence-corrected chi connectivity index (χ0v) is 14.4. The lowest BCUT2D eigenvalue weighted by molar-refractivity contribution is 0.200. The molecule has 4 rings (SSSR count). The van der Waals surface area contributed by atoms with Gasteiger partial charge in [0.1, 0.15) is 12.4 Å². The van der Waals surface area contributed by atoms with Crippen LogP contribution in [0.5, 0.6) is 5.75 Å². The first kappa shape index (κ1) is 15.4. The van der Waals surface area contributed by atoms with Gasteiger partial charge in [0.05, 0.1) is 10.2 Å². The van der Waals surface area contributed by atoms with Crippen LogP contribution in [0, 0.1) is 0 Å². The highest BCUT2D eigenvalue weighted by Gasteiger charge is 2.19. The van der Waals surface area contributed by atoms with E-state index in [1.807, 2.05) is 30.3 Å². The number of fused-ring (bicyclic) bond motifs is 1. The average molecular weight is 339 g/mol. The van der Waals surface area contributed by atoms with Gasteiger partial charge < -0.3 is 9.64 Å². The number of nitrogens with zero attached hydrogens (tertiary/aromatic N) is 3. The highest BCUT2D eigenvalue weighted by atomic mass is 32.1. The number of thiazole rings is 1.